The third-order valence-corrected chi connectivity index (χ3v) is 3.37. The summed E-state index contributed by atoms with van der Waals surface area (Å²) in [6.45, 7) is 0.631. The van der Waals surface area contributed by atoms with Gasteiger partial charge in [-0.15, -0.1) is 0 Å². The van der Waals surface area contributed by atoms with Gasteiger partial charge in [-0.25, -0.2) is 0 Å². The van der Waals surface area contributed by atoms with Crippen molar-refractivity contribution < 1.29 is 4.79 Å². The van der Waals surface area contributed by atoms with Gasteiger partial charge in [-0.3, -0.25) is 9.78 Å². The summed E-state index contributed by atoms with van der Waals surface area (Å²) in [6, 6.07) is 2.05. The SMILES string of the molecule is O=C(NCCS)C1Cc2cc(Br)cnc2C1. The number of nitrogens with one attached hydrogen (secondary N) is 1. The Morgan fingerprint density at radius 3 is 3.19 bits per heavy atom. The molecular formula is C11H13BrN2OS. The zero-order valence-corrected chi connectivity index (χ0v) is 11.2. The minimum absolute atomic E-state index is 0.0386. The fourth-order valence-electron chi connectivity index (χ4n) is 1.95. The number of carbonyl (C=O) groups is 1. The predicted octanol–water partition coefficient (Wildman–Crippen LogP) is 1.60. The highest BCUT2D eigenvalue weighted by molar-refractivity contribution is 9.10. The number of rotatable bonds is 3. The number of hydrogen-bond donors (Lipinski definition) is 2. The summed E-state index contributed by atoms with van der Waals surface area (Å²) >= 11 is 7.46. The van der Waals surface area contributed by atoms with Crippen LogP contribution in [0, 0.1) is 5.92 Å². The first-order valence-corrected chi connectivity index (χ1v) is 6.65. The van der Waals surface area contributed by atoms with E-state index in [4.69, 9.17) is 0 Å². The molecule has 5 heteroatoms. The number of thiol groups is 1. The van der Waals surface area contributed by atoms with Crippen LogP contribution < -0.4 is 5.32 Å². The first-order valence-electron chi connectivity index (χ1n) is 5.22. The van der Waals surface area contributed by atoms with Crippen molar-refractivity contribution >= 4 is 34.5 Å². The standard InChI is InChI=1S/C11H13BrN2OS/c12-9-4-7-3-8(5-10(7)14-6-9)11(15)13-1-2-16/h4,6,8,16H,1-3,5H2,(H,13,15). The molecule has 0 saturated carbocycles. The van der Waals surface area contributed by atoms with Gasteiger partial charge in [0.25, 0.3) is 0 Å². The van der Waals surface area contributed by atoms with Gasteiger partial charge in [0, 0.05) is 41.0 Å². The summed E-state index contributed by atoms with van der Waals surface area (Å²) < 4.78 is 0.975. The van der Waals surface area contributed by atoms with Crippen molar-refractivity contribution in [1.82, 2.24) is 10.3 Å². The molecular weight excluding hydrogens is 288 g/mol. The average molecular weight is 301 g/mol. The van der Waals surface area contributed by atoms with E-state index in [2.05, 4.69) is 38.9 Å². The van der Waals surface area contributed by atoms with Crippen LogP contribution in [0.25, 0.3) is 0 Å². The predicted molar refractivity (Wildman–Crippen MR) is 69.7 cm³/mol. The van der Waals surface area contributed by atoms with Crippen molar-refractivity contribution in [2.75, 3.05) is 12.3 Å². The van der Waals surface area contributed by atoms with Crippen LogP contribution in [0.5, 0.6) is 0 Å². The van der Waals surface area contributed by atoms with E-state index in [-0.39, 0.29) is 11.8 Å². The Morgan fingerprint density at radius 2 is 2.44 bits per heavy atom. The molecule has 0 spiro atoms. The van der Waals surface area contributed by atoms with E-state index in [0.717, 1.165) is 23.0 Å². The third-order valence-electron chi connectivity index (χ3n) is 2.71. The monoisotopic (exact) mass is 300 g/mol. The largest absolute Gasteiger partial charge is 0.355 e. The van der Waals surface area contributed by atoms with Crippen LogP contribution in [0.1, 0.15) is 11.3 Å². The van der Waals surface area contributed by atoms with Gasteiger partial charge in [-0.1, -0.05) is 0 Å². The van der Waals surface area contributed by atoms with E-state index >= 15 is 0 Å². The Labute approximate surface area is 109 Å². The van der Waals surface area contributed by atoms with Crippen molar-refractivity contribution in [1.29, 1.82) is 0 Å². The highest BCUT2D eigenvalue weighted by atomic mass is 79.9. The Morgan fingerprint density at radius 1 is 1.62 bits per heavy atom. The lowest BCUT2D eigenvalue weighted by Gasteiger charge is -2.08. The summed E-state index contributed by atoms with van der Waals surface area (Å²) in [4.78, 5) is 16.1. The maximum absolute atomic E-state index is 11.8. The Hall–Kier alpha value is -0.550. The first kappa shape index (κ1) is 11.9. The number of carbonyl (C=O) groups excluding carboxylic acids is 1. The van der Waals surface area contributed by atoms with Crippen LogP contribution in [0.15, 0.2) is 16.7 Å². The average Bonchev–Trinajstić information content (AvgIpc) is 2.68. The van der Waals surface area contributed by atoms with Gasteiger partial charge in [-0.05, 0) is 34.0 Å². The van der Waals surface area contributed by atoms with Crippen molar-refractivity contribution in [2.24, 2.45) is 5.92 Å². The highest BCUT2D eigenvalue weighted by Crippen LogP contribution is 2.27. The van der Waals surface area contributed by atoms with Crippen LogP contribution in [-0.4, -0.2) is 23.2 Å². The van der Waals surface area contributed by atoms with E-state index in [0.29, 0.717) is 12.3 Å². The molecule has 1 N–H and O–H groups in total. The van der Waals surface area contributed by atoms with Gasteiger partial charge < -0.3 is 5.32 Å². The molecule has 1 amide bonds. The van der Waals surface area contributed by atoms with Crippen molar-refractivity contribution in [3.8, 4) is 0 Å². The lowest BCUT2D eigenvalue weighted by Crippen LogP contribution is -2.32. The topological polar surface area (TPSA) is 42.0 Å². The number of amides is 1. The number of pyridine rings is 1. The van der Waals surface area contributed by atoms with E-state index in [9.17, 15) is 4.79 Å². The molecule has 1 aliphatic carbocycles. The molecule has 1 aromatic heterocycles. The van der Waals surface area contributed by atoms with E-state index in [1.807, 2.05) is 6.07 Å². The molecule has 0 aliphatic heterocycles. The molecule has 16 heavy (non-hydrogen) atoms. The molecule has 0 radical (unpaired) electrons. The van der Waals surface area contributed by atoms with E-state index in [1.165, 1.54) is 5.56 Å². The maximum Gasteiger partial charge on any atom is 0.223 e. The second-order valence-corrected chi connectivity index (χ2v) is 5.24. The second kappa shape index (κ2) is 5.19. The number of hydrogen-bond acceptors (Lipinski definition) is 3. The summed E-state index contributed by atoms with van der Waals surface area (Å²) in [5, 5.41) is 2.87. The number of nitrogens with zero attached hydrogens (tertiary/aromatic N) is 1. The number of fused-ring (bicyclic) bond motifs is 1. The van der Waals surface area contributed by atoms with Gasteiger partial charge in [0.2, 0.25) is 5.91 Å². The molecule has 1 atom stereocenters. The summed E-state index contributed by atoms with van der Waals surface area (Å²) in [5.74, 6) is 0.828. The van der Waals surface area contributed by atoms with Crippen LogP contribution in [0.4, 0.5) is 0 Å². The fraction of sp³-hybridized carbons (Fsp3) is 0.455. The minimum Gasteiger partial charge on any atom is -0.355 e. The maximum atomic E-state index is 11.8. The smallest absolute Gasteiger partial charge is 0.223 e. The van der Waals surface area contributed by atoms with Crippen molar-refractivity contribution in [3.05, 3.63) is 28.0 Å². The van der Waals surface area contributed by atoms with Crippen LogP contribution in [0.3, 0.4) is 0 Å². The highest BCUT2D eigenvalue weighted by Gasteiger charge is 2.28. The minimum atomic E-state index is 0.0386. The normalized spacial score (nSPS) is 18.2. The molecule has 1 aromatic rings. The molecule has 2 rings (SSSR count). The summed E-state index contributed by atoms with van der Waals surface area (Å²) in [7, 11) is 0. The molecule has 1 aliphatic rings. The van der Waals surface area contributed by atoms with Crippen LogP contribution >= 0.6 is 28.6 Å². The third kappa shape index (κ3) is 2.58. The van der Waals surface area contributed by atoms with E-state index < -0.39 is 0 Å². The van der Waals surface area contributed by atoms with Gasteiger partial charge >= 0.3 is 0 Å². The zero-order chi connectivity index (χ0) is 11.5. The summed E-state index contributed by atoms with van der Waals surface area (Å²) in [6.07, 6.45) is 3.33. The van der Waals surface area contributed by atoms with Gasteiger partial charge in [-0.2, -0.15) is 12.6 Å². The molecule has 1 unspecified atom stereocenters. The molecule has 1 heterocycles. The Bertz CT molecular complexity index is 411. The molecule has 0 bridgehead atoms. The van der Waals surface area contributed by atoms with Crippen molar-refractivity contribution in [2.45, 2.75) is 12.8 Å². The van der Waals surface area contributed by atoms with Crippen LogP contribution in [-0.2, 0) is 17.6 Å². The zero-order valence-electron chi connectivity index (χ0n) is 8.74. The molecule has 0 aromatic carbocycles. The van der Waals surface area contributed by atoms with Gasteiger partial charge in [0.15, 0.2) is 0 Å². The lowest BCUT2D eigenvalue weighted by atomic mass is 10.1. The molecule has 86 valence electrons. The first-order chi connectivity index (χ1) is 7.70. The van der Waals surface area contributed by atoms with E-state index in [1.54, 1.807) is 6.20 Å². The second-order valence-electron chi connectivity index (χ2n) is 3.88. The van der Waals surface area contributed by atoms with Crippen molar-refractivity contribution in [3.63, 3.8) is 0 Å². The number of aromatic nitrogens is 1. The Balaban J connectivity index is 2.02. The fourth-order valence-corrected chi connectivity index (χ4v) is 2.44. The van der Waals surface area contributed by atoms with Gasteiger partial charge in [0.05, 0.1) is 0 Å². The molecule has 0 fully saturated rings. The van der Waals surface area contributed by atoms with Crippen LogP contribution in [0.2, 0.25) is 0 Å². The molecule has 3 nitrogen and oxygen atoms in total. The molecule has 0 saturated heterocycles. The van der Waals surface area contributed by atoms with Gasteiger partial charge in [0.1, 0.15) is 0 Å². The number of halogens is 1. The Kier molecular flexibility index (Phi) is 3.86. The quantitative estimate of drug-likeness (QED) is 0.833. The lowest BCUT2D eigenvalue weighted by molar-refractivity contribution is -0.124. The summed E-state index contributed by atoms with van der Waals surface area (Å²) in [5.41, 5.74) is 2.23.